The summed E-state index contributed by atoms with van der Waals surface area (Å²) in [4.78, 5) is 7.29. The second kappa shape index (κ2) is 4.64. The first-order valence-electron chi connectivity index (χ1n) is 5.09. The number of hydrogen-bond acceptors (Lipinski definition) is 3. The second-order valence-electron chi connectivity index (χ2n) is 3.53. The van der Waals surface area contributed by atoms with Crippen LogP contribution in [0.4, 0.5) is 17.6 Å². The first kappa shape index (κ1) is 12.9. The zero-order valence-electron chi connectivity index (χ0n) is 9.25. The zero-order valence-corrected chi connectivity index (χ0v) is 10.1. The smallest absolute Gasteiger partial charge is 0.261 e. The van der Waals surface area contributed by atoms with Crippen molar-refractivity contribution in [1.82, 2.24) is 9.97 Å². The summed E-state index contributed by atoms with van der Waals surface area (Å²) in [6, 6.07) is 1.12. The van der Waals surface area contributed by atoms with Gasteiger partial charge in [-0.05, 0) is 12.5 Å². The first-order valence-corrected chi connectivity index (χ1v) is 5.91. The second-order valence-corrected chi connectivity index (χ2v) is 4.62. The SMILES string of the molecule is CCc1sc(-c2cncc(F)c2)nc1C(F)(F)F. The molecule has 7 heteroatoms. The van der Waals surface area contributed by atoms with E-state index in [1.807, 2.05) is 0 Å². The standard InChI is InChI=1S/C11H8F4N2S/c1-2-8-9(11(13,14)15)17-10(18-8)6-3-7(12)5-16-4-6/h3-5H,2H2,1H3. The van der Waals surface area contributed by atoms with Crippen molar-refractivity contribution >= 4 is 11.3 Å². The van der Waals surface area contributed by atoms with Gasteiger partial charge in [0.15, 0.2) is 5.69 Å². The van der Waals surface area contributed by atoms with E-state index in [0.717, 1.165) is 23.6 Å². The minimum Gasteiger partial charge on any atom is -0.261 e. The Hall–Kier alpha value is -1.50. The Morgan fingerprint density at radius 1 is 1.28 bits per heavy atom. The molecule has 0 aliphatic carbocycles. The third-order valence-corrected chi connectivity index (χ3v) is 3.49. The maximum atomic E-state index is 13.0. The molecular formula is C11H8F4N2S. The monoisotopic (exact) mass is 276 g/mol. The van der Waals surface area contributed by atoms with Crippen molar-refractivity contribution in [3.05, 3.63) is 34.8 Å². The lowest BCUT2D eigenvalue weighted by molar-refractivity contribution is -0.141. The fourth-order valence-corrected chi connectivity index (χ4v) is 2.47. The van der Waals surface area contributed by atoms with Crippen LogP contribution in [0.1, 0.15) is 17.5 Å². The molecule has 0 atom stereocenters. The van der Waals surface area contributed by atoms with Gasteiger partial charge in [0.2, 0.25) is 0 Å². The minimum absolute atomic E-state index is 0.131. The summed E-state index contributed by atoms with van der Waals surface area (Å²) in [5.74, 6) is -0.602. The fraction of sp³-hybridized carbons (Fsp3) is 0.273. The number of rotatable bonds is 2. The molecule has 2 aromatic rings. The molecule has 0 aliphatic rings. The van der Waals surface area contributed by atoms with Gasteiger partial charge in [0.05, 0.1) is 6.20 Å². The maximum Gasteiger partial charge on any atom is 0.434 e. The Labute approximate surface area is 104 Å². The average molecular weight is 276 g/mol. The van der Waals surface area contributed by atoms with Gasteiger partial charge in [-0.3, -0.25) is 4.98 Å². The van der Waals surface area contributed by atoms with Crippen LogP contribution in [0.3, 0.4) is 0 Å². The summed E-state index contributed by atoms with van der Waals surface area (Å²) in [6.07, 6.45) is -1.97. The van der Waals surface area contributed by atoms with Crippen LogP contribution in [0.2, 0.25) is 0 Å². The Bertz CT molecular complexity index is 562. The molecule has 0 radical (unpaired) electrons. The lowest BCUT2D eigenvalue weighted by Gasteiger charge is -2.03. The quantitative estimate of drug-likeness (QED) is 0.777. The van der Waals surface area contributed by atoms with Gasteiger partial charge in [0, 0.05) is 16.6 Å². The van der Waals surface area contributed by atoms with E-state index in [4.69, 9.17) is 0 Å². The molecule has 0 aromatic carbocycles. The van der Waals surface area contributed by atoms with Crippen molar-refractivity contribution in [1.29, 1.82) is 0 Å². The average Bonchev–Trinajstić information content (AvgIpc) is 2.72. The molecule has 0 aliphatic heterocycles. The van der Waals surface area contributed by atoms with E-state index >= 15 is 0 Å². The number of hydrogen-bond donors (Lipinski definition) is 0. The van der Waals surface area contributed by atoms with Crippen LogP contribution in [0.15, 0.2) is 18.5 Å². The number of aromatic nitrogens is 2. The molecule has 96 valence electrons. The van der Waals surface area contributed by atoms with Crippen molar-refractivity contribution < 1.29 is 17.6 Å². The highest BCUT2D eigenvalue weighted by Crippen LogP contribution is 2.37. The summed E-state index contributed by atoms with van der Waals surface area (Å²) in [5.41, 5.74) is -0.639. The number of aryl methyl sites for hydroxylation is 1. The van der Waals surface area contributed by atoms with Gasteiger partial charge in [-0.2, -0.15) is 13.2 Å². The Balaban J connectivity index is 2.51. The van der Waals surface area contributed by atoms with Gasteiger partial charge in [0.25, 0.3) is 0 Å². The number of thiazole rings is 1. The molecule has 0 N–H and O–H groups in total. The van der Waals surface area contributed by atoms with E-state index < -0.39 is 17.7 Å². The van der Waals surface area contributed by atoms with Gasteiger partial charge < -0.3 is 0 Å². The topological polar surface area (TPSA) is 25.8 Å². The van der Waals surface area contributed by atoms with Crippen molar-refractivity contribution in [3.63, 3.8) is 0 Å². The molecule has 2 nitrogen and oxygen atoms in total. The van der Waals surface area contributed by atoms with Gasteiger partial charge in [-0.15, -0.1) is 11.3 Å². The molecular weight excluding hydrogens is 268 g/mol. The van der Waals surface area contributed by atoms with E-state index in [9.17, 15) is 17.6 Å². The van der Waals surface area contributed by atoms with Gasteiger partial charge in [0.1, 0.15) is 10.8 Å². The first-order chi connectivity index (χ1) is 8.41. The van der Waals surface area contributed by atoms with Crippen LogP contribution < -0.4 is 0 Å². The third kappa shape index (κ3) is 2.50. The van der Waals surface area contributed by atoms with Crippen LogP contribution in [0, 0.1) is 5.82 Å². The number of pyridine rings is 1. The molecule has 0 bridgehead atoms. The summed E-state index contributed by atoms with van der Waals surface area (Å²) in [7, 11) is 0. The largest absolute Gasteiger partial charge is 0.434 e. The van der Waals surface area contributed by atoms with Crippen molar-refractivity contribution in [3.8, 4) is 10.6 Å². The molecule has 2 rings (SSSR count). The lowest BCUT2D eigenvalue weighted by atomic mass is 10.3. The van der Waals surface area contributed by atoms with Crippen molar-refractivity contribution in [2.45, 2.75) is 19.5 Å². The van der Waals surface area contributed by atoms with Crippen LogP contribution >= 0.6 is 11.3 Å². The van der Waals surface area contributed by atoms with Crippen molar-refractivity contribution in [2.24, 2.45) is 0 Å². The summed E-state index contributed by atoms with van der Waals surface area (Å²) in [6.45, 7) is 1.62. The molecule has 0 fully saturated rings. The molecule has 18 heavy (non-hydrogen) atoms. The molecule has 0 amide bonds. The minimum atomic E-state index is -4.49. The maximum absolute atomic E-state index is 13.0. The zero-order chi connectivity index (χ0) is 13.3. The van der Waals surface area contributed by atoms with Crippen LogP contribution in [0.25, 0.3) is 10.6 Å². The molecule has 2 aromatic heterocycles. The van der Waals surface area contributed by atoms with Crippen LogP contribution in [-0.2, 0) is 12.6 Å². The number of alkyl halides is 3. The number of halogens is 4. The molecule has 0 unspecified atom stereocenters. The predicted molar refractivity (Wildman–Crippen MR) is 59.7 cm³/mol. The Morgan fingerprint density at radius 2 is 2.00 bits per heavy atom. The molecule has 0 saturated heterocycles. The highest BCUT2D eigenvalue weighted by molar-refractivity contribution is 7.15. The predicted octanol–water partition coefficient (Wildman–Crippen LogP) is 3.93. The van der Waals surface area contributed by atoms with E-state index in [-0.39, 0.29) is 21.9 Å². The van der Waals surface area contributed by atoms with E-state index in [2.05, 4.69) is 9.97 Å². The Kier molecular flexibility index (Phi) is 3.34. The highest BCUT2D eigenvalue weighted by Gasteiger charge is 2.37. The van der Waals surface area contributed by atoms with Crippen molar-refractivity contribution in [2.75, 3.05) is 0 Å². The highest BCUT2D eigenvalue weighted by atomic mass is 32.1. The van der Waals surface area contributed by atoms with Crippen LogP contribution in [0.5, 0.6) is 0 Å². The summed E-state index contributed by atoms with van der Waals surface area (Å²) in [5, 5.41) is 0.131. The molecule has 0 spiro atoms. The normalized spacial score (nSPS) is 11.8. The lowest BCUT2D eigenvalue weighted by Crippen LogP contribution is -2.08. The van der Waals surface area contributed by atoms with E-state index in [0.29, 0.717) is 0 Å². The fourth-order valence-electron chi connectivity index (χ4n) is 1.47. The summed E-state index contributed by atoms with van der Waals surface area (Å²) < 4.78 is 51.1. The van der Waals surface area contributed by atoms with Gasteiger partial charge in [-0.25, -0.2) is 9.37 Å². The van der Waals surface area contributed by atoms with Crippen LogP contribution in [-0.4, -0.2) is 9.97 Å². The molecule has 0 saturated carbocycles. The van der Waals surface area contributed by atoms with E-state index in [1.54, 1.807) is 6.92 Å². The Morgan fingerprint density at radius 3 is 2.50 bits per heavy atom. The summed E-state index contributed by atoms with van der Waals surface area (Å²) >= 11 is 0.910. The third-order valence-electron chi connectivity index (χ3n) is 2.24. The van der Waals surface area contributed by atoms with Gasteiger partial charge >= 0.3 is 6.18 Å². The van der Waals surface area contributed by atoms with Gasteiger partial charge in [-0.1, -0.05) is 6.92 Å². The number of nitrogens with zero attached hydrogens (tertiary/aromatic N) is 2. The van der Waals surface area contributed by atoms with E-state index in [1.165, 1.54) is 6.20 Å². The molecule has 2 heterocycles.